The van der Waals surface area contributed by atoms with Gasteiger partial charge in [-0.05, 0) is 123 Å². The number of benzene rings is 4. The molecule has 8 heteroatoms. The first kappa shape index (κ1) is 39.4. The molecule has 4 heterocycles. The Morgan fingerprint density at radius 2 is 1.50 bits per heavy atom. The van der Waals surface area contributed by atoms with Crippen LogP contribution in [0.1, 0.15) is 98.3 Å². The fourth-order valence-electron chi connectivity index (χ4n) is 9.37. The number of carbonyl (C=O) groups is 2. The van der Waals surface area contributed by atoms with Crippen molar-refractivity contribution in [2.75, 3.05) is 6.61 Å². The third-order valence-corrected chi connectivity index (χ3v) is 12.6. The minimum atomic E-state index is -1.13. The largest absolute Gasteiger partial charge is 0.483 e. The summed E-state index contributed by atoms with van der Waals surface area (Å²) < 4.78 is 26.0. The fraction of sp³-hybridized carbons (Fsp3) is 0.380. The van der Waals surface area contributed by atoms with Crippen molar-refractivity contribution in [3.63, 3.8) is 0 Å². The van der Waals surface area contributed by atoms with Gasteiger partial charge in [-0.25, -0.2) is 9.59 Å². The minimum Gasteiger partial charge on any atom is -0.483 e. The molecule has 4 aromatic carbocycles. The Bertz CT molecular complexity index is 2350. The fourth-order valence-corrected chi connectivity index (χ4v) is 9.37. The number of rotatable bonds is 7. The van der Waals surface area contributed by atoms with E-state index in [1.807, 2.05) is 25.1 Å². The van der Waals surface area contributed by atoms with Gasteiger partial charge in [-0.2, -0.15) is 0 Å². The van der Waals surface area contributed by atoms with Gasteiger partial charge in [0, 0.05) is 29.4 Å². The molecule has 0 saturated heterocycles. The van der Waals surface area contributed by atoms with Crippen molar-refractivity contribution in [2.45, 2.75) is 102 Å². The summed E-state index contributed by atoms with van der Waals surface area (Å²) in [5.74, 6) is -0.649. The predicted octanol–water partition coefficient (Wildman–Crippen LogP) is 9.36. The third-order valence-electron chi connectivity index (χ3n) is 12.6. The molecule has 58 heavy (non-hydrogen) atoms. The van der Waals surface area contributed by atoms with E-state index in [2.05, 4.69) is 72.8 Å². The van der Waals surface area contributed by atoms with Crippen LogP contribution in [0.15, 0.2) is 123 Å². The van der Waals surface area contributed by atoms with Gasteiger partial charge in [0.2, 0.25) is 0 Å². The van der Waals surface area contributed by atoms with Crippen LogP contribution < -0.4 is 10.4 Å². The van der Waals surface area contributed by atoms with E-state index in [0.29, 0.717) is 47.1 Å². The molecule has 0 unspecified atom stereocenters. The molecule has 9 rings (SSSR count). The number of hydrogen-bond donors (Lipinski definition) is 1. The highest BCUT2D eigenvalue weighted by Crippen LogP contribution is 2.52. The van der Waals surface area contributed by atoms with Crippen LogP contribution >= 0.6 is 0 Å². The predicted molar refractivity (Wildman–Crippen MR) is 223 cm³/mol. The molecule has 0 amide bonds. The van der Waals surface area contributed by atoms with Crippen molar-refractivity contribution in [1.29, 1.82) is 0 Å². The van der Waals surface area contributed by atoms with Gasteiger partial charge in [0.1, 0.15) is 16.9 Å². The van der Waals surface area contributed by atoms with Crippen molar-refractivity contribution in [3.8, 4) is 5.75 Å². The maximum atomic E-state index is 14.6. The Labute approximate surface area is 339 Å². The molecule has 3 aliphatic heterocycles. The maximum Gasteiger partial charge on any atom is 0.336 e. The Hall–Kier alpha value is -5.47. The summed E-state index contributed by atoms with van der Waals surface area (Å²) in [6.45, 7) is 3.38. The number of fused-ring (bicyclic) bond motifs is 13. The zero-order valence-electron chi connectivity index (χ0n) is 33.4. The van der Waals surface area contributed by atoms with Gasteiger partial charge in [-0.15, -0.1) is 0 Å². The smallest absolute Gasteiger partial charge is 0.336 e. The van der Waals surface area contributed by atoms with Gasteiger partial charge in [-0.3, -0.25) is 4.79 Å². The second kappa shape index (κ2) is 17.2. The summed E-state index contributed by atoms with van der Waals surface area (Å²) in [5.41, 5.74) is 5.76. The monoisotopic (exact) mass is 780 g/mol. The Balaban J connectivity index is 1.18. The second-order valence-electron chi connectivity index (χ2n) is 16.7. The number of ether oxygens (including phenoxy) is 3. The first-order valence-corrected chi connectivity index (χ1v) is 20.8. The van der Waals surface area contributed by atoms with Crippen LogP contribution in [0.2, 0.25) is 0 Å². The molecule has 1 saturated carbocycles. The van der Waals surface area contributed by atoms with Crippen LogP contribution in [-0.2, 0) is 44.7 Å². The first-order valence-electron chi connectivity index (χ1n) is 20.8. The molecular formula is C50H52O8. The van der Waals surface area contributed by atoms with E-state index >= 15 is 0 Å². The normalized spacial score (nSPS) is 23.7. The van der Waals surface area contributed by atoms with Crippen molar-refractivity contribution in [2.24, 2.45) is 11.8 Å². The Morgan fingerprint density at radius 3 is 2.28 bits per heavy atom. The summed E-state index contributed by atoms with van der Waals surface area (Å²) in [6, 6.07) is 34.2. The van der Waals surface area contributed by atoms with E-state index < -0.39 is 35.4 Å². The molecule has 4 atom stereocenters. The SMILES string of the molecule is C/C(CO)=C1\CCc2ccc(cc2)C[C@H](CCc2cccc(Cc3ccccc3)c2)CC(=O)O[C@@H]2c3c(ccc4ccc(=O)oc34)O[C@@](C)(C3CCCC3)[C@H]2OC1=O. The van der Waals surface area contributed by atoms with Gasteiger partial charge in [0.25, 0.3) is 0 Å². The van der Waals surface area contributed by atoms with Crippen LogP contribution in [0, 0.1) is 11.8 Å². The van der Waals surface area contributed by atoms with Gasteiger partial charge in [-0.1, -0.05) is 91.7 Å². The molecule has 1 N–H and O–H groups in total. The van der Waals surface area contributed by atoms with Gasteiger partial charge in [0.15, 0.2) is 12.2 Å². The summed E-state index contributed by atoms with van der Waals surface area (Å²) >= 11 is 0. The number of aliphatic hydroxyl groups excluding tert-OH is 1. The van der Waals surface area contributed by atoms with Gasteiger partial charge in [0.05, 0.1) is 12.2 Å². The molecule has 1 aliphatic carbocycles. The van der Waals surface area contributed by atoms with Crippen molar-refractivity contribution in [3.05, 3.63) is 158 Å². The number of aryl methyl sites for hydroxylation is 2. The summed E-state index contributed by atoms with van der Waals surface area (Å²) in [6.07, 6.45) is 5.61. The number of esters is 2. The summed E-state index contributed by atoms with van der Waals surface area (Å²) in [5, 5.41) is 10.9. The second-order valence-corrected chi connectivity index (χ2v) is 16.7. The Morgan fingerprint density at radius 1 is 0.776 bits per heavy atom. The zero-order valence-corrected chi connectivity index (χ0v) is 33.4. The highest BCUT2D eigenvalue weighted by Gasteiger charge is 2.56. The van der Waals surface area contributed by atoms with Gasteiger partial charge >= 0.3 is 17.6 Å². The van der Waals surface area contributed by atoms with E-state index in [-0.39, 0.29) is 30.4 Å². The van der Waals surface area contributed by atoms with E-state index in [4.69, 9.17) is 18.6 Å². The summed E-state index contributed by atoms with van der Waals surface area (Å²) in [7, 11) is 0. The molecule has 0 spiro atoms. The van der Waals surface area contributed by atoms with Crippen LogP contribution in [0.4, 0.5) is 0 Å². The average molecular weight is 781 g/mol. The minimum absolute atomic E-state index is 0.00142. The Kier molecular flexibility index (Phi) is 11.7. The molecule has 8 nitrogen and oxygen atoms in total. The molecule has 300 valence electrons. The topological polar surface area (TPSA) is 112 Å². The molecule has 5 aromatic rings. The van der Waals surface area contributed by atoms with E-state index in [1.54, 1.807) is 13.0 Å². The van der Waals surface area contributed by atoms with Crippen molar-refractivity contribution in [1.82, 2.24) is 0 Å². The molecular weight excluding hydrogens is 729 g/mol. The van der Waals surface area contributed by atoms with Crippen LogP contribution in [0.3, 0.4) is 0 Å². The number of aliphatic hydroxyl groups is 1. The van der Waals surface area contributed by atoms with Crippen LogP contribution in [0.25, 0.3) is 11.0 Å². The van der Waals surface area contributed by atoms with E-state index in [9.17, 15) is 19.5 Å². The molecule has 2 bridgehead atoms. The molecule has 1 aromatic heterocycles. The van der Waals surface area contributed by atoms with Crippen LogP contribution in [0.5, 0.6) is 5.75 Å². The molecule has 1 fully saturated rings. The maximum absolute atomic E-state index is 14.6. The van der Waals surface area contributed by atoms with Crippen molar-refractivity contribution >= 4 is 22.9 Å². The molecule has 4 aliphatic rings. The van der Waals surface area contributed by atoms with Crippen LogP contribution in [-0.4, -0.2) is 35.4 Å². The van der Waals surface area contributed by atoms with E-state index in [1.165, 1.54) is 22.8 Å². The zero-order chi connectivity index (χ0) is 40.2. The average Bonchev–Trinajstić information content (AvgIpc) is 3.78. The van der Waals surface area contributed by atoms with Gasteiger partial charge < -0.3 is 23.7 Å². The highest BCUT2D eigenvalue weighted by atomic mass is 16.6. The van der Waals surface area contributed by atoms with Crippen molar-refractivity contribution < 1.29 is 33.3 Å². The third kappa shape index (κ3) is 8.53. The first-order chi connectivity index (χ1) is 28.2. The lowest BCUT2D eigenvalue weighted by Gasteiger charge is -2.48. The summed E-state index contributed by atoms with van der Waals surface area (Å²) in [4.78, 5) is 41.8. The lowest BCUT2D eigenvalue weighted by atomic mass is 9.76. The van der Waals surface area contributed by atoms with E-state index in [0.717, 1.165) is 56.1 Å². The number of hydrogen-bond acceptors (Lipinski definition) is 8. The lowest BCUT2D eigenvalue weighted by molar-refractivity contribution is -0.199. The standard InChI is InChI=1S/C50H52O8/c1-32(31-51)41-24-21-33-15-17-36(18-16-33)29-38(20-19-35-11-8-12-37(28-35)27-34-9-4-3-5-10-34)30-44(53)56-47-45-42(25-22-39-23-26-43(52)55-46(39)45)58-50(2,40-13-6-7-14-40)48(47)57-49(41)54/h3-5,8-12,15-18,22-23,25-26,28,38,40,47-48,51H,6-7,13-14,19-21,24,27,29-31H2,1-2H3/b41-32-/t38-,47+,48-,50-/m0/s1. The number of carbonyl (C=O) groups excluding carboxylic acids is 2. The molecule has 0 radical (unpaired) electrons. The highest BCUT2D eigenvalue weighted by molar-refractivity contribution is 5.90. The quantitative estimate of drug-likeness (QED) is 0.0989. The lowest BCUT2D eigenvalue weighted by Crippen LogP contribution is -2.58.